The van der Waals surface area contributed by atoms with Gasteiger partial charge in [0.05, 0.1) is 5.52 Å². The SMILES string of the molecule is CN(C)c1cc(F)cc(C(=O)NC2CCC(CNc3cc(C(F)(F)F)nc4ccccc34)CC2)c1. The Morgan fingerprint density at radius 2 is 1.77 bits per heavy atom. The summed E-state index contributed by atoms with van der Waals surface area (Å²) in [4.78, 5) is 18.2. The third-order valence-corrected chi connectivity index (χ3v) is 6.43. The van der Waals surface area contributed by atoms with Gasteiger partial charge in [0, 0.05) is 49.0 Å². The molecule has 2 N–H and O–H groups in total. The number of anilines is 2. The fraction of sp³-hybridized carbons (Fsp3) is 0.385. The Bertz CT molecular complexity index is 1200. The Hall–Kier alpha value is -3.36. The van der Waals surface area contributed by atoms with Crippen molar-refractivity contribution < 1.29 is 22.4 Å². The average molecular weight is 489 g/mol. The Morgan fingerprint density at radius 1 is 1.06 bits per heavy atom. The summed E-state index contributed by atoms with van der Waals surface area (Å²) in [7, 11) is 3.56. The number of fused-ring (bicyclic) bond motifs is 1. The van der Waals surface area contributed by atoms with Gasteiger partial charge in [-0.05, 0) is 61.9 Å². The molecule has 1 aromatic heterocycles. The van der Waals surface area contributed by atoms with Crippen molar-refractivity contribution in [3.8, 4) is 0 Å². The van der Waals surface area contributed by atoms with Crippen LogP contribution in [-0.4, -0.2) is 37.6 Å². The lowest BCUT2D eigenvalue weighted by Crippen LogP contribution is -2.38. The van der Waals surface area contributed by atoms with Crippen molar-refractivity contribution in [3.05, 3.63) is 65.6 Å². The van der Waals surface area contributed by atoms with E-state index in [0.29, 0.717) is 28.8 Å². The van der Waals surface area contributed by atoms with Gasteiger partial charge < -0.3 is 15.5 Å². The molecule has 1 aliphatic carbocycles. The first-order valence-corrected chi connectivity index (χ1v) is 11.6. The summed E-state index contributed by atoms with van der Waals surface area (Å²) in [5, 5.41) is 6.84. The number of nitrogens with one attached hydrogen (secondary N) is 2. The van der Waals surface area contributed by atoms with Gasteiger partial charge in [-0.1, -0.05) is 18.2 Å². The van der Waals surface area contributed by atoms with Gasteiger partial charge >= 0.3 is 6.18 Å². The topological polar surface area (TPSA) is 57.3 Å². The van der Waals surface area contributed by atoms with Crippen LogP contribution in [-0.2, 0) is 6.18 Å². The average Bonchev–Trinajstić information content (AvgIpc) is 2.82. The molecule has 1 saturated carbocycles. The number of halogens is 4. The molecule has 0 unspecified atom stereocenters. The van der Waals surface area contributed by atoms with Crippen molar-refractivity contribution >= 4 is 28.2 Å². The fourth-order valence-corrected chi connectivity index (χ4v) is 4.46. The first kappa shape index (κ1) is 24.8. The summed E-state index contributed by atoms with van der Waals surface area (Å²) in [6, 6.07) is 12.1. The maximum absolute atomic E-state index is 13.9. The Balaban J connectivity index is 1.35. The molecule has 4 rings (SSSR count). The highest BCUT2D eigenvalue weighted by atomic mass is 19.4. The molecule has 5 nitrogen and oxygen atoms in total. The molecule has 3 aromatic rings. The van der Waals surface area contributed by atoms with Crippen LogP contribution in [0.15, 0.2) is 48.5 Å². The zero-order chi connectivity index (χ0) is 25.2. The van der Waals surface area contributed by atoms with Crippen molar-refractivity contribution in [2.75, 3.05) is 30.9 Å². The van der Waals surface area contributed by atoms with Crippen LogP contribution in [0, 0.1) is 11.7 Å². The van der Waals surface area contributed by atoms with Crippen molar-refractivity contribution in [1.82, 2.24) is 10.3 Å². The molecule has 0 atom stereocenters. The number of carbonyl (C=O) groups excluding carboxylic acids is 1. The molecule has 0 saturated heterocycles. The fourth-order valence-electron chi connectivity index (χ4n) is 4.46. The number of para-hydroxylation sites is 1. The molecule has 186 valence electrons. The summed E-state index contributed by atoms with van der Waals surface area (Å²) < 4.78 is 53.8. The van der Waals surface area contributed by atoms with E-state index >= 15 is 0 Å². The maximum atomic E-state index is 13.9. The maximum Gasteiger partial charge on any atom is 0.433 e. The van der Waals surface area contributed by atoms with E-state index in [1.54, 1.807) is 49.3 Å². The largest absolute Gasteiger partial charge is 0.433 e. The quantitative estimate of drug-likeness (QED) is 0.427. The van der Waals surface area contributed by atoms with E-state index < -0.39 is 17.7 Å². The van der Waals surface area contributed by atoms with Crippen LogP contribution in [0.3, 0.4) is 0 Å². The minimum absolute atomic E-state index is 0.0246. The van der Waals surface area contributed by atoms with E-state index in [1.165, 1.54) is 12.1 Å². The number of carbonyl (C=O) groups is 1. The summed E-state index contributed by atoms with van der Waals surface area (Å²) >= 11 is 0. The van der Waals surface area contributed by atoms with E-state index in [4.69, 9.17) is 0 Å². The molecule has 0 spiro atoms. The summed E-state index contributed by atoms with van der Waals surface area (Å²) in [5.74, 6) is -0.510. The second-order valence-corrected chi connectivity index (χ2v) is 9.23. The zero-order valence-electron chi connectivity index (χ0n) is 19.6. The highest BCUT2D eigenvalue weighted by Crippen LogP contribution is 2.34. The number of amides is 1. The third-order valence-electron chi connectivity index (χ3n) is 6.43. The molecule has 1 amide bonds. The number of nitrogens with zero attached hydrogens (tertiary/aromatic N) is 2. The van der Waals surface area contributed by atoms with E-state index in [1.807, 2.05) is 0 Å². The molecule has 1 heterocycles. The van der Waals surface area contributed by atoms with Crippen LogP contribution in [0.4, 0.5) is 28.9 Å². The lowest BCUT2D eigenvalue weighted by atomic mass is 9.85. The van der Waals surface area contributed by atoms with Crippen molar-refractivity contribution in [2.24, 2.45) is 5.92 Å². The lowest BCUT2D eigenvalue weighted by Gasteiger charge is -2.29. The molecule has 2 aromatic carbocycles. The number of benzene rings is 2. The summed E-state index contributed by atoms with van der Waals surface area (Å²) in [6.07, 6.45) is -1.39. The summed E-state index contributed by atoms with van der Waals surface area (Å²) in [6.45, 7) is 0.530. The molecule has 0 bridgehead atoms. The Morgan fingerprint density at radius 3 is 2.46 bits per heavy atom. The van der Waals surface area contributed by atoms with Gasteiger partial charge in [-0.25, -0.2) is 9.37 Å². The second-order valence-electron chi connectivity index (χ2n) is 9.23. The predicted molar refractivity (Wildman–Crippen MR) is 129 cm³/mol. The van der Waals surface area contributed by atoms with Gasteiger partial charge in [0.1, 0.15) is 11.5 Å². The Kier molecular flexibility index (Phi) is 7.14. The first-order valence-electron chi connectivity index (χ1n) is 11.6. The normalized spacial score (nSPS) is 18.3. The van der Waals surface area contributed by atoms with Crippen LogP contribution < -0.4 is 15.5 Å². The van der Waals surface area contributed by atoms with Gasteiger partial charge in [-0.2, -0.15) is 13.2 Å². The number of hydrogen-bond donors (Lipinski definition) is 2. The van der Waals surface area contributed by atoms with E-state index in [-0.39, 0.29) is 23.4 Å². The highest BCUT2D eigenvalue weighted by Gasteiger charge is 2.33. The van der Waals surface area contributed by atoms with Gasteiger partial charge in [0.2, 0.25) is 0 Å². The van der Waals surface area contributed by atoms with Gasteiger partial charge in [-0.15, -0.1) is 0 Å². The van der Waals surface area contributed by atoms with Gasteiger partial charge in [-0.3, -0.25) is 4.79 Å². The zero-order valence-corrected chi connectivity index (χ0v) is 19.6. The van der Waals surface area contributed by atoms with E-state index in [0.717, 1.165) is 31.7 Å². The van der Waals surface area contributed by atoms with Crippen molar-refractivity contribution in [2.45, 2.75) is 37.9 Å². The third kappa shape index (κ3) is 6.01. The molecule has 0 radical (unpaired) electrons. The van der Waals surface area contributed by atoms with Crippen LogP contribution in [0.25, 0.3) is 10.9 Å². The van der Waals surface area contributed by atoms with Crippen LogP contribution >= 0.6 is 0 Å². The van der Waals surface area contributed by atoms with E-state index in [2.05, 4.69) is 15.6 Å². The second kappa shape index (κ2) is 10.1. The van der Waals surface area contributed by atoms with Gasteiger partial charge in [0.25, 0.3) is 5.91 Å². The van der Waals surface area contributed by atoms with Crippen LogP contribution in [0.1, 0.15) is 41.7 Å². The Labute approximate surface area is 201 Å². The monoisotopic (exact) mass is 488 g/mol. The number of pyridine rings is 1. The minimum atomic E-state index is -4.52. The molecule has 35 heavy (non-hydrogen) atoms. The van der Waals surface area contributed by atoms with Gasteiger partial charge in [0.15, 0.2) is 0 Å². The summed E-state index contributed by atoms with van der Waals surface area (Å²) in [5.41, 5.74) is 0.692. The first-order chi connectivity index (χ1) is 16.6. The number of aromatic nitrogens is 1. The molecule has 0 aliphatic heterocycles. The molecular formula is C26H28F4N4O. The van der Waals surface area contributed by atoms with Crippen LogP contribution in [0.2, 0.25) is 0 Å². The molecular weight excluding hydrogens is 460 g/mol. The predicted octanol–water partition coefficient (Wildman–Crippen LogP) is 5.86. The highest BCUT2D eigenvalue weighted by molar-refractivity contribution is 5.95. The van der Waals surface area contributed by atoms with E-state index in [9.17, 15) is 22.4 Å². The molecule has 1 aliphatic rings. The van der Waals surface area contributed by atoms with Crippen LogP contribution in [0.5, 0.6) is 0 Å². The minimum Gasteiger partial charge on any atom is -0.384 e. The standard InChI is InChI=1S/C26H28F4N4O/c1-34(2)20-12-17(11-18(27)13-20)25(35)32-19-9-7-16(8-10-19)15-31-23-14-24(26(28,29)30)33-22-6-4-3-5-21(22)23/h3-6,11-14,16,19H,7-10,15H2,1-2H3,(H,31,33)(H,32,35). The number of rotatable bonds is 6. The smallest absolute Gasteiger partial charge is 0.384 e. The molecule has 9 heteroatoms. The number of alkyl halides is 3. The molecule has 1 fully saturated rings. The van der Waals surface area contributed by atoms with Crippen molar-refractivity contribution in [3.63, 3.8) is 0 Å². The number of hydrogen-bond acceptors (Lipinski definition) is 4. The van der Waals surface area contributed by atoms with Crippen molar-refractivity contribution in [1.29, 1.82) is 0 Å². The lowest BCUT2D eigenvalue weighted by molar-refractivity contribution is -0.140.